The number of aryl methyl sites for hydroxylation is 1. The van der Waals surface area contributed by atoms with Crippen LogP contribution < -0.4 is 19.5 Å². The van der Waals surface area contributed by atoms with Crippen LogP contribution in [0.4, 0.5) is 5.69 Å². The molecule has 6 heteroatoms. The van der Waals surface area contributed by atoms with Crippen molar-refractivity contribution in [3.05, 3.63) is 76.8 Å². The maximum Gasteiger partial charge on any atom is 0.255 e. The van der Waals surface area contributed by atoms with Crippen molar-refractivity contribution < 1.29 is 19.0 Å². The number of amides is 1. The van der Waals surface area contributed by atoms with Crippen molar-refractivity contribution in [2.75, 3.05) is 19.0 Å². The molecule has 0 aliphatic heterocycles. The molecule has 5 nitrogen and oxygen atoms in total. The predicted octanol–water partition coefficient (Wildman–Crippen LogP) is 6.49. The number of anilines is 1. The number of methoxy groups -OCH3 is 1. The molecule has 30 heavy (non-hydrogen) atoms. The number of hydrogen-bond acceptors (Lipinski definition) is 4. The van der Waals surface area contributed by atoms with Gasteiger partial charge < -0.3 is 19.5 Å². The topological polar surface area (TPSA) is 56.8 Å². The van der Waals surface area contributed by atoms with Gasteiger partial charge in [-0.05, 0) is 67.4 Å². The van der Waals surface area contributed by atoms with Gasteiger partial charge in [-0.15, -0.1) is 0 Å². The number of carbonyl (C=O) groups is 1. The molecule has 3 aromatic rings. The third kappa shape index (κ3) is 5.45. The largest absolute Gasteiger partial charge is 0.493 e. The fourth-order valence-electron chi connectivity index (χ4n) is 2.82. The molecule has 0 aliphatic carbocycles. The van der Waals surface area contributed by atoms with Crippen LogP contribution in [0.5, 0.6) is 23.0 Å². The smallest absolute Gasteiger partial charge is 0.255 e. The molecule has 0 unspecified atom stereocenters. The van der Waals surface area contributed by atoms with E-state index in [1.54, 1.807) is 36.4 Å². The molecule has 0 atom stereocenters. The predicted molar refractivity (Wildman–Crippen MR) is 119 cm³/mol. The first-order valence-corrected chi connectivity index (χ1v) is 10.0. The van der Waals surface area contributed by atoms with Crippen LogP contribution in [-0.4, -0.2) is 19.6 Å². The highest BCUT2D eigenvalue weighted by molar-refractivity contribution is 6.32. The summed E-state index contributed by atoms with van der Waals surface area (Å²) in [6.45, 7) is 4.52. The molecule has 0 fully saturated rings. The highest BCUT2D eigenvalue weighted by atomic mass is 35.5. The first-order valence-electron chi connectivity index (χ1n) is 9.66. The SMILES string of the molecule is CCCOc1c(Cl)cc(C(=O)Nc2ccc(Oc3cccc(C)c3)cc2)cc1OC. The summed E-state index contributed by atoms with van der Waals surface area (Å²) in [6, 6.07) is 18.1. The Bertz CT molecular complexity index is 1020. The van der Waals surface area contributed by atoms with E-state index in [4.69, 9.17) is 25.8 Å². The molecule has 0 radical (unpaired) electrons. The molecule has 0 saturated heterocycles. The lowest BCUT2D eigenvalue weighted by Gasteiger charge is -2.14. The molecule has 0 spiro atoms. The lowest BCUT2D eigenvalue weighted by molar-refractivity contribution is 0.102. The zero-order chi connectivity index (χ0) is 21.5. The van der Waals surface area contributed by atoms with Gasteiger partial charge in [0.15, 0.2) is 11.5 Å². The number of hydrogen-bond donors (Lipinski definition) is 1. The number of benzene rings is 3. The van der Waals surface area contributed by atoms with Gasteiger partial charge in [0.1, 0.15) is 11.5 Å². The van der Waals surface area contributed by atoms with Gasteiger partial charge in [-0.3, -0.25) is 4.79 Å². The Morgan fingerprint density at radius 1 is 1.03 bits per heavy atom. The van der Waals surface area contributed by atoms with Crippen molar-refractivity contribution in [1.82, 2.24) is 0 Å². The molecule has 1 amide bonds. The van der Waals surface area contributed by atoms with Gasteiger partial charge in [-0.25, -0.2) is 0 Å². The van der Waals surface area contributed by atoms with Crippen molar-refractivity contribution in [2.24, 2.45) is 0 Å². The molecule has 0 bridgehead atoms. The Labute approximate surface area is 181 Å². The average molecular weight is 426 g/mol. The minimum Gasteiger partial charge on any atom is -0.493 e. The number of carbonyl (C=O) groups excluding carboxylic acids is 1. The van der Waals surface area contributed by atoms with Crippen LogP contribution in [0.15, 0.2) is 60.7 Å². The van der Waals surface area contributed by atoms with Gasteiger partial charge in [-0.2, -0.15) is 0 Å². The molecular weight excluding hydrogens is 402 g/mol. The van der Waals surface area contributed by atoms with E-state index in [2.05, 4.69) is 5.32 Å². The summed E-state index contributed by atoms with van der Waals surface area (Å²) >= 11 is 6.30. The van der Waals surface area contributed by atoms with Crippen LogP contribution in [0.1, 0.15) is 29.3 Å². The van der Waals surface area contributed by atoms with Gasteiger partial charge >= 0.3 is 0 Å². The summed E-state index contributed by atoms with van der Waals surface area (Å²) in [4.78, 5) is 12.7. The quantitative estimate of drug-likeness (QED) is 0.448. The monoisotopic (exact) mass is 425 g/mol. The van der Waals surface area contributed by atoms with Crippen molar-refractivity contribution in [1.29, 1.82) is 0 Å². The second-order valence-electron chi connectivity index (χ2n) is 6.73. The molecule has 3 aromatic carbocycles. The van der Waals surface area contributed by atoms with Crippen molar-refractivity contribution in [2.45, 2.75) is 20.3 Å². The number of rotatable bonds is 8. The number of nitrogens with one attached hydrogen (secondary N) is 1. The van der Waals surface area contributed by atoms with Crippen LogP contribution in [0.3, 0.4) is 0 Å². The molecule has 0 saturated carbocycles. The van der Waals surface area contributed by atoms with Crippen molar-refractivity contribution >= 4 is 23.2 Å². The van der Waals surface area contributed by atoms with E-state index in [-0.39, 0.29) is 5.91 Å². The van der Waals surface area contributed by atoms with E-state index < -0.39 is 0 Å². The summed E-state index contributed by atoms with van der Waals surface area (Å²) in [5, 5.41) is 3.18. The normalized spacial score (nSPS) is 10.4. The molecule has 0 aliphatic rings. The fourth-order valence-corrected chi connectivity index (χ4v) is 3.08. The van der Waals surface area contributed by atoms with Gasteiger partial charge in [0.05, 0.1) is 18.7 Å². The molecule has 156 valence electrons. The van der Waals surface area contributed by atoms with E-state index in [0.717, 1.165) is 17.7 Å². The molecular formula is C24H24ClNO4. The fraction of sp³-hybridized carbons (Fsp3) is 0.208. The Kier molecular flexibility index (Phi) is 7.20. The Hall–Kier alpha value is -3.18. The van der Waals surface area contributed by atoms with Gasteiger partial charge in [-0.1, -0.05) is 30.7 Å². The van der Waals surface area contributed by atoms with E-state index in [0.29, 0.717) is 40.1 Å². The highest BCUT2D eigenvalue weighted by Crippen LogP contribution is 2.36. The molecule has 3 rings (SSSR count). The minimum atomic E-state index is -0.301. The maximum atomic E-state index is 12.7. The maximum absolute atomic E-state index is 12.7. The van der Waals surface area contributed by atoms with Crippen molar-refractivity contribution in [3.8, 4) is 23.0 Å². The highest BCUT2D eigenvalue weighted by Gasteiger charge is 2.16. The summed E-state index contributed by atoms with van der Waals surface area (Å²) < 4.78 is 16.8. The van der Waals surface area contributed by atoms with E-state index in [9.17, 15) is 4.79 Å². The summed E-state index contributed by atoms with van der Waals surface area (Å²) in [5.74, 6) is 2.00. The average Bonchev–Trinajstić information content (AvgIpc) is 2.73. The third-order valence-electron chi connectivity index (χ3n) is 4.28. The first-order chi connectivity index (χ1) is 14.5. The Morgan fingerprint density at radius 2 is 1.80 bits per heavy atom. The Morgan fingerprint density at radius 3 is 2.47 bits per heavy atom. The van der Waals surface area contributed by atoms with Crippen LogP contribution in [0.2, 0.25) is 5.02 Å². The standard InChI is InChI=1S/C24H24ClNO4/c1-4-12-29-23-21(25)14-17(15-22(23)28-3)24(27)26-18-8-10-19(11-9-18)30-20-7-5-6-16(2)13-20/h5-11,13-15H,4,12H2,1-3H3,(H,26,27). The van der Waals surface area contributed by atoms with Crippen LogP contribution >= 0.6 is 11.6 Å². The summed E-state index contributed by atoms with van der Waals surface area (Å²) in [5.41, 5.74) is 2.13. The van der Waals surface area contributed by atoms with E-state index >= 15 is 0 Å². The number of ether oxygens (including phenoxy) is 3. The molecule has 0 heterocycles. The van der Waals surface area contributed by atoms with Crippen LogP contribution in [0.25, 0.3) is 0 Å². The summed E-state index contributed by atoms with van der Waals surface area (Å²) in [7, 11) is 1.51. The van der Waals surface area contributed by atoms with E-state index in [1.165, 1.54) is 7.11 Å². The second-order valence-corrected chi connectivity index (χ2v) is 7.14. The number of halogens is 1. The lowest BCUT2D eigenvalue weighted by Crippen LogP contribution is -2.12. The van der Waals surface area contributed by atoms with Gasteiger partial charge in [0.2, 0.25) is 0 Å². The molecule has 0 aromatic heterocycles. The second kappa shape index (κ2) is 10.0. The zero-order valence-electron chi connectivity index (χ0n) is 17.2. The van der Waals surface area contributed by atoms with Gasteiger partial charge in [0.25, 0.3) is 5.91 Å². The first kappa shape index (κ1) is 21.5. The zero-order valence-corrected chi connectivity index (χ0v) is 18.0. The summed E-state index contributed by atoms with van der Waals surface area (Å²) in [6.07, 6.45) is 0.839. The minimum absolute atomic E-state index is 0.301. The Balaban J connectivity index is 1.70. The lowest BCUT2D eigenvalue weighted by atomic mass is 10.1. The van der Waals surface area contributed by atoms with E-state index in [1.807, 2.05) is 38.1 Å². The van der Waals surface area contributed by atoms with Crippen LogP contribution in [-0.2, 0) is 0 Å². The van der Waals surface area contributed by atoms with Gasteiger partial charge in [0, 0.05) is 11.3 Å². The molecule has 1 N–H and O–H groups in total. The van der Waals surface area contributed by atoms with Crippen molar-refractivity contribution in [3.63, 3.8) is 0 Å². The third-order valence-corrected chi connectivity index (χ3v) is 4.56. The van der Waals surface area contributed by atoms with Crippen LogP contribution in [0, 0.1) is 6.92 Å².